The van der Waals surface area contributed by atoms with Gasteiger partial charge in [0.1, 0.15) is 18.2 Å². The van der Waals surface area contributed by atoms with Gasteiger partial charge in [-0.3, -0.25) is 0 Å². The molecule has 0 unspecified atom stereocenters. The van der Waals surface area contributed by atoms with Crippen molar-refractivity contribution in [3.8, 4) is 11.4 Å². The summed E-state index contributed by atoms with van der Waals surface area (Å²) in [5, 5.41) is 8.81. The molecular formula is C15H16Cl2FNO4. The molecule has 1 aromatic carbocycles. The molecule has 2 rings (SSSR count). The van der Waals surface area contributed by atoms with Crippen LogP contribution < -0.4 is 10.5 Å². The maximum absolute atomic E-state index is 14.3. The van der Waals surface area contributed by atoms with Gasteiger partial charge >= 0.3 is 5.76 Å². The number of ether oxygens (including phenoxy) is 1. The number of rotatable bonds is 4. The van der Waals surface area contributed by atoms with Gasteiger partial charge in [0.25, 0.3) is 0 Å². The molecule has 0 atom stereocenters. The van der Waals surface area contributed by atoms with E-state index in [0.29, 0.717) is 0 Å². The van der Waals surface area contributed by atoms with Crippen molar-refractivity contribution < 1.29 is 18.7 Å². The average Bonchev–Trinajstić information content (AvgIpc) is 2.74. The summed E-state index contributed by atoms with van der Waals surface area (Å²) in [6.45, 7) is 5.19. The van der Waals surface area contributed by atoms with Gasteiger partial charge in [-0.15, -0.1) is 0 Å². The Kier molecular flexibility index (Phi) is 5.08. The van der Waals surface area contributed by atoms with Crippen molar-refractivity contribution in [1.29, 1.82) is 0 Å². The van der Waals surface area contributed by atoms with Crippen LogP contribution in [-0.2, 0) is 5.41 Å². The van der Waals surface area contributed by atoms with Crippen molar-refractivity contribution in [3.63, 3.8) is 0 Å². The number of aromatic nitrogens is 1. The zero-order valence-corrected chi connectivity index (χ0v) is 14.3. The number of oxazole rings is 1. The third-order valence-corrected chi connectivity index (χ3v) is 3.66. The number of nitrogens with zero attached hydrogens (tertiary/aromatic N) is 1. The zero-order valence-electron chi connectivity index (χ0n) is 12.8. The SMILES string of the molecule is CC(C)(C)c1oc(=O)n(-c2cc(OCCO)c(Cl)cc2F)c1Cl. The molecular weight excluding hydrogens is 348 g/mol. The van der Waals surface area contributed by atoms with Gasteiger partial charge in [0.05, 0.1) is 17.3 Å². The summed E-state index contributed by atoms with van der Waals surface area (Å²) in [4.78, 5) is 12.1. The standard InChI is InChI=1S/C15H16Cl2FNO4/c1-15(2,3)12-13(17)19(14(21)23-12)10-7-11(22-5-4-20)8(16)6-9(10)18/h6-7,20H,4-5H2,1-3H3. The Morgan fingerprint density at radius 2 is 2.00 bits per heavy atom. The highest BCUT2D eigenvalue weighted by Gasteiger charge is 2.28. The van der Waals surface area contributed by atoms with Crippen LogP contribution in [-0.4, -0.2) is 22.9 Å². The molecule has 2 aromatic rings. The van der Waals surface area contributed by atoms with Gasteiger partial charge < -0.3 is 14.3 Å². The first-order valence-corrected chi connectivity index (χ1v) is 7.57. The van der Waals surface area contributed by atoms with E-state index in [-0.39, 0.29) is 40.6 Å². The maximum Gasteiger partial charge on any atom is 0.425 e. The highest BCUT2D eigenvalue weighted by atomic mass is 35.5. The monoisotopic (exact) mass is 363 g/mol. The van der Waals surface area contributed by atoms with Crippen molar-refractivity contribution >= 4 is 23.2 Å². The van der Waals surface area contributed by atoms with Crippen LogP contribution in [0.1, 0.15) is 26.5 Å². The smallest absolute Gasteiger partial charge is 0.425 e. The summed E-state index contributed by atoms with van der Waals surface area (Å²) in [5.41, 5.74) is -0.669. The number of aliphatic hydroxyl groups is 1. The first-order chi connectivity index (χ1) is 10.7. The van der Waals surface area contributed by atoms with Gasteiger partial charge in [0, 0.05) is 11.5 Å². The Morgan fingerprint density at radius 3 is 2.52 bits per heavy atom. The molecule has 0 spiro atoms. The molecule has 0 saturated carbocycles. The third kappa shape index (κ3) is 3.54. The van der Waals surface area contributed by atoms with Gasteiger partial charge in [-0.25, -0.2) is 13.8 Å². The normalized spacial score (nSPS) is 11.8. The highest BCUT2D eigenvalue weighted by Crippen LogP contribution is 2.34. The van der Waals surface area contributed by atoms with Gasteiger partial charge in [0.15, 0.2) is 10.9 Å². The summed E-state index contributed by atoms with van der Waals surface area (Å²) < 4.78 is 25.6. The largest absolute Gasteiger partial charge is 0.490 e. The molecule has 1 aromatic heterocycles. The van der Waals surface area contributed by atoms with Gasteiger partial charge in [-0.05, 0) is 6.07 Å². The lowest BCUT2D eigenvalue weighted by molar-refractivity contribution is 0.201. The molecule has 0 aliphatic rings. The lowest BCUT2D eigenvalue weighted by Gasteiger charge is -2.15. The maximum atomic E-state index is 14.3. The van der Waals surface area contributed by atoms with Crippen LogP contribution >= 0.6 is 23.2 Å². The van der Waals surface area contributed by atoms with Crippen molar-refractivity contribution in [3.05, 3.63) is 44.4 Å². The van der Waals surface area contributed by atoms with Crippen molar-refractivity contribution in [1.82, 2.24) is 4.57 Å². The lowest BCUT2D eigenvalue weighted by Crippen LogP contribution is -2.14. The Balaban J connectivity index is 2.63. The molecule has 0 fully saturated rings. The summed E-state index contributed by atoms with van der Waals surface area (Å²) in [5.74, 6) is -1.19. The van der Waals surface area contributed by atoms with Crippen LogP contribution in [0.25, 0.3) is 5.69 Å². The highest BCUT2D eigenvalue weighted by molar-refractivity contribution is 6.32. The van der Waals surface area contributed by atoms with E-state index in [2.05, 4.69) is 0 Å². The molecule has 5 nitrogen and oxygen atoms in total. The molecule has 126 valence electrons. The predicted molar refractivity (Wildman–Crippen MR) is 85.6 cm³/mol. The fourth-order valence-corrected chi connectivity index (χ4v) is 2.67. The van der Waals surface area contributed by atoms with Crippen molar-refractivity contribution in [2.24, 2.45) is 0 Å². The van der Waals surface area contributed by atoms with Crippen LogP contribution in [0.15, 0.2) is 21.3 Å². The van der Waals surface area contributed by atoms with Gasteiger partial charge in [-0.1, -0.05) is 44.0 Å². The Labute approximate surface area is 142 Å². The number of benzene rings is 1. The van der Waals surface area contributed by atoms with Crippen LogP contribution in [0.5, 0.6) is 5.75 Å². The summed E-state index contributed by atoms with van der Waals surface area (Å²) in [6, 6.07) is 2.25. The molecule has 8 heteroatoms. The molecule has 0 aliphatic heterocycles. The van der Waals surface area contributed by atoms with E-state index < -0.39 is 17.0 Å². The van der Waals surface area contributed by atoms with E-state index in [9.17, 15) is 9.18 Å². The molecule has 1 heterocycles. The first-order valence-electron chi connectivity index (χ1n) is 6.81. The topological polar surface area (TPSA) is 64.6 Å². The van der Waals surface area contributed by atoms with Gasteiger partial charge in [0.2, 0.25) is 0 Å². The van der Waals surface area contributed by atoms with E-state index >= 15 is 0 Å². The summed E-state index contributed by atoms with van der Waals surface area (Å²) >= 11 is 12.1. The Morgan fingerprint density at radius 1 is 1.35 bits per heavy atom. The third-order valence-electron chi connectivity index (χ3n) is 3.03. The molecule has 0 amide bonds. The second kappa shape index (κ2) is 6.55. The zero-order chi connectivity index (χ0) is 17.4. The second-order valence-electron chi connectivity index (χ2n) is 5.88. The lowest BCUT2D eigenvalue weighted by atomic mass is 9.94. The minimum absolute atomic E-state index is 0.0168. The molecule has 1 N–H and O–H groups in total. The van der Waals surface area contributed by atoms with E-state index in [1.807, 2.05) is 20.8 Å². The minimum Gasteiger partial charge on any atom is -0.490 e. The fourth-order valence-electron chi connectivity index (χ4n) is 1.98. The van der Waals surface area contributed by atoms with Crippen molar-refractivity contribution in [2.45, 2.75) is 26.2 Å². The second-order valence-corrected chi connectivity index (χ2v) is 6.64. The average molecular weight is 364 g/mol. The van der Waals surface area contributed by atoms with Crippen LogP contribution in [0, 0.1) is 5.82 Å². The number of aliphatic hydroxyl groups excluding tert-OH is 1. The van der Waals surface area contributed by atoms with Crippen LogP contribution in [0.2, 0.25) is 10.2 Å². The van der Waals surface area contributed by atoms with E-state index in [4.69, 9.17) is 37.5 Å². The molecule has 0 aliphatic carbocycles. The molecule has 0 saturated heterocycles. The quantitative estimate of drug-likeness (QED) is 0.901. The fraction of sp³-hybridized carbons (Fsp3) is 0.400. The van der Waals surface area contributed by atoms with E-state index in [1.54, 1.807) is 0 Å². The predicted octanol–water partition coefficient (Wildman–Crippen LogP) is 3.55. The first kappa shape index (κ1) is 17.8. The Bertz CT molecular complexity index is 777. The summed E-state index contributed by atoms with van der Waals surface area (Å²) in [7, 11) is 0. The van der Waals surface area contributed by atoms with Gasteiger partial charge in [-0.2, -0.15) is 0 Å². The number of hydrogen-bond acceptors (Lipinski definition) is 4. The summed E-state index contributed by atoms with van der Waals surface area (Å²) in [6.07, 6.45) is 0. The molecule has 23 heavy (non-hydrogen) atoms. The van der Waals surface area contributed by atoms with Crippen LogP contribution in [0.3, 0.4) is 0 Å². The van der Waals surface area contributed by atoms with E-state index in [1.165, 1.54) is 6.07 Å². The Hall–Kier alpha value is -1.50. The molecule has 0 bridgehead atoms. The minimum atomic E-state index is -0.811. The van der Waals surface area contributed by atoms with E-state index in [0.717, 1.165) is 10.6 Å². The number of hydrogen-bond donors (Lipinski definition) is 1. The van der Waals surface area contributed by atoms with Crippen LogP contribution in [0.4, 0.5) is 4.39 Å². The molecule has 0 radical (unpaired) electrons. The number of halogens is 3. The van der Waals surface area contributed by atoms with Crippen molar-refractivity contribution in [2.75, 3.05) is 13.2 Å².